The maximum atomic E-state index is 13.4. The van der Waals surface area contributed by atoms with Gasteiger partial charge in [0, 0.05) is 38.9 Å². The number of nitrogens with zero attached hydrogens (tertiary/aromatic N) is 2. The third-order valence-electron chi connectivity index (χ3n) is 5.41. The van der Waals surface area contributed by atoms with Crippen molar-refractivity contribution in [3.63, 3.8) is 0 Å². The molecule has 0 radical (unpaired) electrons. The summed E-state index contributed by atoms with van der Waals surface area (Å²) in [6, 6.07) is 27.7. The quantitative estimate of drug-likeness (QED) is 0.420. The van der Waals surface area contributed by atoms with Crippen LogP contribution >= 0.6 is 0 Å². The Kier molecular flexibility index (Phi) is 9.82. The van der Waals surface area contributed by atoms with Gasteiger partial charge in [0.15, 0.2) is 0 Å². The first-order valence-corrected chi connectivity index (χ1v) is 11.5. The number of benzene rings is 3. The Balaban J connectivity index is 1.64. The van der Waals surface area contributed by atoms with E-state index in [2.05, 4.69) is 5.32 Å². The molecule has 0 atom stereocenters. The first kappa shape index (κ1) is 25.1. The highest BCUT2D eigenvalue weighted by Gasteiger charge is 2.17. The van der Waals surface area contributed by atoms with Crippen LogP contribution in [-0.2, 0) is 29.2 Å². The monoisotopic (exact) mass is 459 g/mol. The molecule has 0 saturated carbocycles. The van der Waals surface area contributed by atoms with E-state index in [1.165, 1.54) is 0 Å². The summed E-state index contributed by atoms with van der Waals surface area (Å²) in [6.45, 7) is 2.99. The molecule has 6 heteroatoms. The number of ether oxygens (including phenoxy) is 1. The zero-order valence-electron chi connectivity index (χ0n) is 19.9. The van der Waals surface area contributed by atoms with Crippen LogP contribution in [0.15, 0.2) is 84.9 Å². The van der Waals surface area contributed by atoms with Crippen molar-refractivity contribution in [3.8, 4) is 0 Å². The average molecular weight is 460 g/mol. The van der Waals surface area contributed by atoms with Crippen LogP contribution in [0.25, 0.3) is 0 Å². The van der Waals surface area contributed by atoms with Gasteiger partial charge in [0.05, 0.1) is 13.2 Å². The van der Waals surface area contributed by atoms with E-state index in [9.17, 15) is 9.59 Å². The molecule has 1 N–H and O–H groups in total. The van der Waals surface area contributed by atoms with Gasteiger partial charge in [0.1, 0.15) is 0 Å². The van der Waals surface area contributed by atoms with Crippen LogP contribution < -0.4 is 5.32 Å². The second-order valence-electron chi connectivity index (χ2n) is 8.34. The van der Waals surface area contributed by atoms with Crippen molar-refractivity contribution in [1.29, 1.82) is 0 Å². The van der Waals surface area contributed by atoms with Crippen molar-refractivity contribution < 1.29 is 14.3 Å². The normalized spacial score (nSPS) is 10.8. The molecule has 0 saturated heterocycles. The topological polar surface area (TPSA) is 61.9 Å². The van der Waals surface area contributed by atoms with E-state index in [0.29, 0.717) is 44.9 Å². The van der Waals surface area contributed by atoms with Crippen LogP contribution in [0, 0.1) is 0 Å². The highest BCUT2D eigenvalue weighted by molar-refractivity contribution is 5.94. The fourth-order valence-corrected chi connectivity index (χ4v) is 3.70. The van der Waals surface area contributed by atoms with Gasteiger partial charge in [-0.05, 0) is 35.9 Å². The van der Waals surface area contributed by atoms with Crippen molar-refractivity contribution in [3.05, 3.63) is 107 Å². The number of hydrogen-bond donors (Lipinski definition) is 1. The molecule has 2 amide bonds. The summed E-state index contributed by atoms with van der Waals surface area (Å²) in [7, 11) is 3.51. The number of rotatable bonds is 12. The lowest BCUT2D eigenvalue weighted by Crippen LogP contribution is -2.36. The van der Waals surface area contributed by atoms with Crippen LogP contribution in [0.4, 0.5) is 0 Å². The molecule has 0 aliphatic heterocycles. The Hall–Kier alpha value is -3.48. The minimum absolute atomic E-state index is 0.00914. The first-order valence-electron chi connectivity index (χ1n) is 11.5. The van der Waals surface area contributed by atoms with E-state index < -0.39 is 0 Å². The summed E-state index contributed by atoms with van der Waals surface area (Å²) in [5.41, 5.74) is 3.87. The molecular formula is C28H33N3O3. The maximum Gasteiger partial charge on any atom is 0.254 e. The summed E-state index contributed by atoms with van der Waals surface area (Å²) >= 11 is 0. The molecule has 0 aliphatic carbocycles. The molecule has 6 nitrogen and oxygen atoms in total. The molecule has 0 heterocycles. The number of carbonyl (C=O) groups excluding carboxylic acids is 2. The molecule has 0 aromatic heterocycles. The van der Waals surface area contributed by atoms with E-state index in [-0.39, 0.29) is 11.8 Å². The molecule has 0 unspecified atom stereocenters. The minimum atomic E-state index is -0.0381. The molecule has 0 spiro atoms. The van der Waals surface area contributed by atoms with Gasteiger partial charge in [-0.1, -0.05) is 72.8 Å². The lowest BCUT2D eigenvalue weighted by atomic mass is 10.1. The molecule has 3 rings (SSSR count). The van der Waals surface area contributed by atoms with Crippen LogP contribution in [0.5, 0.6) is 0 Å². The Labute approximate surface area is 202 Å². The van der Waals surface area contributed by atoms with Crippen LogP contribution in [-0.4, -0.2) is 55.5 Å². The molecule has 178 valence electrons. The molecule has 3 aromatic carbocycles. The van der Waals surface area contributed by atoms with Crippen molar-refractivity contribution >= 4 is 11.8 Å². The Morgan fingerprint density at radius 2 is 1.29 bits per heavy atom. The van der Waals surface area contributed by atoms with Gasteiger partial charge in [-0.2, -0.15) is 0 Å². The van der Waals surface area contributed by atoms with Crippen LogP contribution in [0.3, 0.4) is 0 Å². The van der Waals surface area contributed by atoms with Crippen molar-refractivity contribution in [2.24, 2.45) is 0 Å². The van der Waals surface area contributed by atoms with E-state index in [1.807, 2.05) is 102 Å². The van der Waals surface area contributed by atoms with Gasteiger partial charge in [0.25, 0.3) is 5.91 Å². The van der Waals surface area contributed by atoms with Crippen molar-refractivity contribution in [2.45, 2.75) is 19.6 Å². The number of methoxy groups -OCH3 is 1. The smallest absolute Gasteiger partial charge is 0.254 e. The van der Waals surface area contributed by atoms with Gasteiger partial charge >= 0.3 is 0 Å². The Morgan fingerprint density at radius 1 is 0.765 bits per heavy atom. The number of amides is 2. The van der Waals surface area contributed by atoms with E-state index in [4.69, 9.17) is 4.74 Å². The highest BCUT2D eigenvalue weighted by Crippen LogP contribution is 2.15. The molecule has 0 fully saturated rings. The standard InChI is InChI=1S/C28H33N3O3/c1-30(22-27(32)29-17-18-34-2)19-25-13-15-26(16-14-25)28(33)31(20-23-9-5-3-6-10-23)21-24-11-7-4-8-12-24/h3-16H,17-22H2,1-2H3,(H,29,32). The molecule has 34 heavy (non-hydrogen) atoms. The van der Waals surface area contributed by atoms with Gasteiger partial charge in [-0.3, -0.25) is 14.5 Å². The fourth-order valence-electron chi connectivity index (χ4n) is 3.70. The summed E-state index contributed by atoms with van der Waals surface area (Å²) < 4.78 is 4.95. The number of hydrogen-bond acceptors (Lipinski definition) is 4. The van der Waals surface area contributed by atoms with Crippen LogP contribution in [0.2, 0.25) is 0 Å². The van der Waals surface area contributed by atoms with Gasteiger partial charge in [-0.15, -0.1) is 0 Å². The predicted molar refractivity (Wildman–Crippen MR) is 134 cm³/mol. The molecule has 0 aliphatic rings. The summed E-state index contributed by atoms with van der Waals surface area (Å²) in [4.78, 5) is 29.2. The zero-order valence-corrected chi connectivity index (χ0v) is 19.9. The predicted octanol–water partition coefficient (Wildman–Crippen LogP) is 3.72. The van der Waals surface area contributed by atoms with E-state index in [1.54, 1.807) is 7.11 Å². The van der Waals surface area contributed by atoms with Gasteiger partial charge in [0.2, 0.25) is 5.91 Å². The summed E-state index contributed by atoms with van der Waals surface area (Å²) in [5, 5.41) is 2.82. The third-order valence-corrected chi connectivity index (χ3v) is 5.41. The second kappa shape index (κ2) is 13.3. The first-order chi connectivity index (χ1) is 16.5. The second-order valence-corrected chi connectivity index (χ2v) is 8.34. The third kappa shape index (κ3) is 8.14. The minimum Gasteiger partial charge on any atom is -0.383 e. The lowest BCUT2D eigenvalue weighted by Gasteiger charge is -2.23. The molecular weight excluding hydrogens is 426 g/mol. The van der Waals surface area contributed by atoms with Crippen LogP contribution in [0.1, 0.15) is 27.0 Å². The SMILES string of the molecule is COCCNC(=O)CN(C)Cc1ccc(C(=O)N(Cc2ccccc2)Cc2ccccc2)cc1. The Morgan fingerprint density at radius 3 is 1.82 bits per heavy atom. The van der Waals surface area contributed by atoms with E-state index >= 15 is 0 Å². The van der Waals surface area contributed by atoms with Gasteiger partial charge in [-0.25, -0.2) is 0 Å². The summed E-state index contributed by atoms with van der Waals surface area (Å²) in [5.74, 6) is -0.0473. The molecule has 3 aromatic rings. The van der Waals surface area contributed by atoms with E-state index in [0.717, 1.165) is 16.7 Å². The largest absolute Gasteiger partial charge is 0.383 e. The summed E-state index contributed by atoms with van der Waals surface area (Å²) in [6.07, 6.45) is 0. The fraction of sp³-hybridized carbons (Fsp3) is 0.286. The highest BCUT2D eigenvalue weighted by atomic mass is 16.5. The molecule has 0 bridgehead atoms. The lowest BCUT2D eigenvalue weighted by molar-refractivity contribution is -0.122. The number of likely N-dealkylation sites (N-methyl/N-ethyl adjacent to an activating group) is 1. The van der Waals surface area contributed by atoms with Crippen molar-refractivity contribution in [2.75, 3.05) is 33.9 Å². The number of carbonyl (C=O) groups is 2. The maximum absolute atomic E-state index is 13.4. The van der Waals surface area contributed by atoms with Gasteiger partial charge < -0.3 is 15.0 Å². The van der Waals surface area contributed by atoms with Crippen molar-refractivity contribution in [1.82, 2.24) is 15.1 Å². The average Bonchev–Trinajstić information content (AvgIpc) is 2.85. The Bertz CT molecular complexity index is 982. The number of nitrogens with one attached hydrogen (secondary N) is 1. The zero-order chi connectivity index (χ0) is 24.2.